The first-order valence-corrected chi connectivity index (χ1v) is 30.1. The number of nitro benzene ring substituents is 2. The predicted molar refractivity (Wildman–Crippen MR) is 294 cm³/mol. The lowest BCUT2D eigenvalue weighted by Crippen LogP contribution is -2.43. The van der Waals surface area contributed by atoms with Crippen LogP contribution >= 0.6 is 42.4 Å². The lowest BCUT2D eigenvalue weighted by atomic mass is 9.81. The molecule has 0 aliphatic heterocycles. The molecule has 428 valence electrons. The van der Waals surface area contributed by atoms with Crippen molar-refractivity contribution in [2.45, 2.75) is 57.4 Å². The van der Waals surface area contributed by atoms with E-state index < -0.39 is 86.6 Å². The van der Waals surface area contributed by atoms with Crippen molar-refractivity contribution in [1.29, 1.82) is 0 Å². The van der Waals surface area contributed by atoms with E-state index in [0.717, 1.165) is 60.9 Å². The molecule has 0 spiro atoms. The predicted octanol–water partition coefficient (Wildman–Crippen LogP) is 7.42. The summed E-state index contributed by atoms with van der Waals surface area (Å²) >= 11 is 17.5. The van der Waals surface area contributed by atoms with Crippen LogP contribution in [0.2, 0.25) is 10.0 Å². The van der Waals surface area contributed by atoms with Gasteiger partial charge in [0, 0.05) is 49.4 Å². The molecule has 29 heteroatoms. The van der Waals surface area contributed by atoms with Gasteiger partial charge in [0.15, 0.2) is 27.2 Å². The van der Waals surface area contributed by atoms with Crippen LogP contribution in [-0.2, 0) is 60.4 Å². The second-order valence-corrected chi connectivity index (χ2v) is 24.0. The SMILES string of the molecule is CCc1cccc(C)c1N(C(=O)CCl)C(C)COC.COC(=O)c1cc(Oc2ccc(Cl)cc2Cl)ccc1[N+](=O)[O-].CS(=O)(=O)c1ccc(C(=O)C2C(=O)CCCC2=O)c([N+](=O)[O-])c1.C[S+](C)C.O=C(O)CNCP(=O)([O-])O. The summed E-state index contributed by atoms with van der Waals surface area (Å²) in [6.07, 6.45) is 8.12. The summed E-state index contributed by atoms with van der Waals surface area (Å²) in [4.78, 5) is 110. The number of hydrogen-bond donors (Lipinski definition) is 3. The number of Topliss-reactive ketones (excluding diaryl/α,β-unsaturated/α-hetero) is 3. The van der Waals surface area contributed by atoms with Crippen molar-refractivity contribution >= 4 is 115 Å². The van der Waals surface area contributed by atoms with Gasteiger partial charge in [-0.1, -0.05) is 48.3 Å². The summed E-state index contributed by atoms with van der Waals surface area (Å²) < 4.78 is 48.1. The Morgan fingerprint density at radius 3 is 1.99 bits per heavy atom. The largest absolute Gasteiger partial charge is 0.778 e. The number of nitrogens with one attached hydrogen (secondary N) is 1. The monoisotopic (exact) mass is 1210 g/mol. The highest BCUT2D eigenvalue weighted by atomic mass is 35.5. The van der Waals surface area contributed by atoms with Crippen LogP contribution < -0.4 is 19.8 Å². The van der Waals surface area contributed by atoms with Crippen molar-refractivity contribution in [2.75, 3.05) is 69.5 Å². The first kappa shape index (κ1) is 70.2. The molecular formula is C49H60Cl3N4O19PS2. The van der Waals surface area contributed by atoms with Gasteiger partial charge in [-0.15, -0.1) is 11.6 Å². The number of nitro groups is 2. The number of esters is 1. The Morgan fingerprint density at radius 1 is 0.923 bits per heavy atom. The second-order valence-electron chi connectivity index (χ2n) is 16.9. The molecular weight excluding hydrogens is 1150 g/mol. The van der Waals surface area contributed by atoms with E-state index in [2.05, 4.69) is 36.5 Å². The Labute approximate surface area is 468 Å². The molecule has 2 atom stereocenters. The van der Waals surface area contributed by atoms with Gasteiger partial charge < -0.3 is 38.6 Å². The van der Waals surface area contributed by atoms with E-state index in [1.807, 2.05) is 31.3 Å². The Kier molecular flexibility index (Phi) is 30.2. The number of benzene rings is 4. The number of carbonyl (C=O) groups excluding carboxylic acids is 5. The summed E-state index contributed by atoms with van der Waals surface area (Å²) in [5, 5.41) is 32.7. The zero-order chi connectivity index (χ0) is 59.8. The van der Waals surface area contributed by atoms with Crippen molar-refractivity contribution in [2.24, 2.45) is 5.92 Å². The van der Waals surface area contributed by atoms with Gasteiger partial charge in [-0.05, 0) is 85.1 Å². The van der Waals surface area contributed by atoms with Crippen LogP contribution in [0.15, 0.2) is 77.7 Å². The topological polar surface area (TPSA) is 346 Å². The number of sulfone groups is 1. The Balaban J connectivity index is 0.000000523. The zero-order valence-corrected chi connectivity index (χ0v) is 48.6. The Bertz CT molecular complexity index is 2940. The number of alkyl halides is 1. The molecule has 5 rings (SSSR count). The number of carbonyl (C=O) groups is 6. The molecule has 1 aliphatic rings. The minimum absolute atomic E-state index is 0.0223. The lowest BCUT2D eigenvalue weighted by Gasteiger charge is -2.31. The molecule has 4 aromatic carbocycles. The number of halogens is 3. The van der Waals surface area contributed by atoms with Crippen LogP contribution in [0.1, 0.15) is 65.0 Å². The van der Waals surface area contributed by atoms with Crippen LogP contribution in [0.25, 0.3) is 0 Å². The van der Waals surface area contributed by atoms with Crippen molar-refractivity contribution in [3.8, 4) is 11.5 Å². The molecule has 2 unspecified atom stereocenters. The number of carboxylic acid groups (broad SMARTS) is 1. The van der Waals surface area contributed by atoms with Crippen LogP contribution in [0.4, 0.5) is 17.1 Å². The van der Waals surface area contributed by atoms with Gasteiger partial charge in [-0.25, -0.2) is 13.2 Å². The number of methoxy groups -OCH3 is 2. The van der Waals surface area contributed by atoms with Gasteiger partial charge >= 0.3 is 11.9 Å². The quantitative estimate of drug-likeness (QED) is 0.0127. The highest BCUT2D eigenvalue weighted by molar-refractivity contribution is 7.94. The van der Waals surface area contributed by atoms with E-state index in [9.17, 15) is 66.9 Å². The van der Waals surface area contributed by atoms with E-state index >= 15 is 0 Å². The molecule has 0 aromatic heterocycles. The second kappa shape index (κ2) is 33.5. The van der Waals surface area contributed by atoms with Gasteiger partial charge in [0.25, 0.3) is 11.4 Å². The number of rotatable bonds is 18. The number of para-hydroxylation sites is 1. The first-order chi connectivity index (χ1) is 36.3. The van der Waals surface area contributed by atoms with Gasteiger partial charge in [-0.2, -0.15) is 0 Å². The lowest BCUT2D eigenvalue weighted by molar-refractivity contribution is -0.385. The maximum atomic E-state index is 12.4. The third kappa shape index (κ3) is 23.6. The van der Waals surface area contributed by atoms with Crippen LogP contribution in [0.3, 0.4) is 0 Å². The van der Waals surface area contributed by atoms with Crippen molar-refractivity contribution in [3.05, 3.63) is 125 Å². The molecule has 0 bridgehead atoms. The average Bonchev–Trinajstić information content (AvgIpc) is 3.34. The molecule has 1 amide bonds. The van der Waals surface area contributed by atoms with E-state index in [0.29, 0.717) is 34.7 Å². The third-order valence-electron chi connectivity index (χ3n) is 10.1. The number of ether oxygens (including phenoxy) is 3. The third-order valence-corrected chi connectivity index (χ3v) is 12.6. The number of aryl methyl sites for hydroxylation is 2. The van der Waals surface area contributed by atoms with Gasteiger partial charge in [-0.3, -0.25) is 49.5 Å². The number of ketones is 3. The van der Waals surface area contributed by atoms with Crippen molar-refractivity contribution < 1.29 is 80.7 Å². The molecule has 1 fully saturated rings. The average molecular weight is 1210 g/mol. The summed E-state index contributed by atoms with van der Waals surface area (Å²) in [7, 11) is -4.63. The fourth-order valence-corrected chi connectivity index (χ4v) is 8.39. The van der Waals surface area contributed by atoms with E-state index in [1.54, 1.807) is 24.1 Å². The maximum Gasteiger partial charge on any atom is 0.345 e. The van der Waals surface area contributed by atoms with E-state index in [1.165, 1.54) is 18.2 Å². The highest BCUT2D eigenvalue weighted by Crippen LogP contribution is 2.35. The number of anilines is 1. The Hall–Kier alpha value is -5.86. The molecule has 0 radical (unpaired) electrons. The number of amides is 1. The van der Waals surface area contributed by atoms with Gasteiger partial charge in [0.2, 0.25) is 5.91 Å². The van der Waals surface area contributed by atoms with Crippen LogP contribution in [-0.4, -0.2) is 134 Å². The number of hydrogen-bond acceptors (Lipinski definition) is 18. The maximum absolute atomic E-state index is 12.4. The molecule has 0 saturated heterocycles. The first-order valence-electron chi connectivity index (χ1n) is 22.7. The summed E-state index contributed by atoms with van der Waals surface area (Å²) in [6.45, 7) is 6.08. The number of aliphatic carboxylic acids is 1. The van der Waals surface area contributed by atoms with Crippen molar-refractivity contribution in [1.82, 2.24) is 5.32 Å². The summed E-state index contributed by atoms with van der Waals surface area (Å²) in [6, 6.07) is 17.2. The number of nitrogens with zero attached hydrogens (tertiary/aromatic N) is 3. The molecule has 3 N–H and O–H groups in total. The normalized spacial score (nSPS) is 13.2. The fourth-order valence-electron chi connectivity index (χ4n) is 6.78. The smallest absolute Gasteiger partial charge is 0.345 e. The van der Waals surface area contributed by atoms with Gasteiger partial charge in [0.1, 0.15) is 36.5 Å². The molecule has 23 nitrogen and oxygen atoms in total. The number of carboxylic acids is 1. The molecule has 0 heterocycles. The minimum atomic E-state index is -4.35. The summed E-state index contributed by atoms with van der Waals surface area (Å²) in [5.74, 6) is -5.22. The van der Waals surface area contributed by atoms with E-state index in [-0.39, 0.29) is 57.6 Å². The molecule has 1 aliphatic carbocycles. The molecule has 4 aromatic rings. The van der Waals surface area contributed by atoms with Crippen LogP contribution in [0.5, 0.6) is 11.5 Å². The highest BCUT2D eigenvalue weighted by Gasteiger charge is 2.39. The zero-order valence-electron chi connectivity index (χ0n) is 43.8. The van der Waals surface area contributed by atoms with Crippen LogP contribution in [0, 0.1) is 33.1 Å². The summed E-state index contributed by atoms with van der Waals surface area (Å²) in [5.41, 5.74) is 1.46. The van der Waals surface area contributed by atoms with Gasteiger partial charge in [0.05, 0.1) is 82.4 Å². The molecule has 1 saturated carbocycles. The Morgan fingerprint density at radius 2 is 1.51 bits per heavy atom. The fraction of sp³-hybridized carbons (Fsp3) is 0.388. The minimum Gasteiger partial charge on any atom is -0.778 e. The molecule has 78 heavy (non-hydrogen) atoms. The standard InChI is InChI=1S/C15H22ClNO2.C14H9Cl2NO5.C14H13NO7S.C3H8NO5P.C3H9S/c1-5-13-8-6-7-11(2)15(13)17(14(18)9-16)12(3)10-19-4;1-21-14(18)10-7-9(3-4-12(10)17(19)20)22-13-5-2-8(15)6-11(13)16;1-23(21,22)8-5-6-9(10(7-8)15(19)20)14(18)13-11(16)3-2-4-12(13)17;5-3(6)1-4-2-10(7,8)9;1-4(2)3/h6-8,12H,5,9-10H2,1-4H3;2-7H,1H3;5-7,13H,2-4H2,1H3;4H,1-2H2,(H,5,6)(H2,7,8,9);1-3H3/q;;;;+1/p-1. The van der Waals surface area contributed by atoms with E-state index in [4.69, 9.17) is 54.3 Å². The van der Waals surface area contributed by atoms with Crippen molar-refractivity contribution in [3.63, 3.8) is 0 Å².